The normalized spacial score (nSPS) is 25.2. The zero-order valence-corrected chi connectivity index (χ0v) is 19.5. The molecule has 0 N–H and O–H groups in total. The number of carbonyl (C=O) groups is 1. The van der Waals surface area contributed by atoms with Gasteiger partial charge >= 0.3 is 6.09 Å². The van der Waals surface area contributed by atoms with Crippen molar-refractivity contribution >= 4 is 6.09 Å². The minimum absolute atomic E-state index is 0.156. The molecule has 0 radical (unpaired) electrons. The highest BCUT2D eigenvalue weighted by Gasteiger charge is 2.46. The summed E-state index contributed by atoms with van der Waals surface area (Å²) >= 11 is 0. The molecule has 0 aromatic heterocycles. The topological polar surface area (TPSA) is 66.5 Å². The van der Waals surface area contributed by atoms with Gasteiger partial charge in [0.25, 0.3) is 0 Å². The van der Waals surface area contributed by atoms with Crippen LogP contribution in [-0.2, 0) is 27.4 Å². The monoisotopic (exact) mass is 465 g/mol. The molecule has 1 amide bonds. The van der Waals surface area contributed by atoms with Crippen LogP contribution in [0.4, 0.5) is 4.79 Å². The Morgan fingerprint density at radius 3 is 2.03 bits per heavy atom. The predicted octanol–water partition coefficient (Wildman–Crippen LogP) is 4.95. The molecule has 2 unspecified atom stereocenters. The van der Waals surface area contributed by atoms with Crippen LogP contribution < -0.4 is 9.47 Å². The molecule has 34 heavy (non-hydrogen) atoms. The maximum absolute atomic E-state index is 12.6. The second-order valence-corrected chi connectivity index (χ2v) is 9.66. The second-order valence-electron chi connectivity index (χ2n) is 9.66. The molecule has 6 rings (SSSR count). The van der Waals surface area contributed by atoms with Crippen molar-refractivity contribution in [3.63, 3.8) is 0 Å². The number of nitrogens with zero attached hydrogens (tertiary/aromatic N) is 1. The first-order valence-corrected chi connectivity index (χ1v) is 12.3. The van der Waals surface area contributed by atoms with Crippen LogP contribution in [-0.4, -0.2) is 43.3 Å². The first kappa shape index (κ1) is 21.7. The summed E-state index contributed by atoms with van der Waals surface area (Å²) in [6.07, 6.45) is 3.87. The number of benzene rings is 2. The summed E-state index contributed by atoms with van der Waals surface area (Å²) in [5.41, 5.74) is 4.70. The van der Waals surface area contributed by atoms with Gasteiger partial charge in [-0.25, -0.2) is 4.79 Å². The Morgan fingerprint density at radius 1 is 0.941 bits per heavy atom. The SMILES string of the molecule is CCOC(=O)N1C2CCC1CC(C(c1ccc3c(c1)COCO3)c1ccc3c(c1)COCO3)C2. The van der Waals surface area contributed by atoms with Gasteiger partial charge in [0.2, 0.25) is 0 Å². The van der Waals surface area contributed by atoms with E-state index < -0.39 is 0 Å². The first-order chi connectivity index (χ1) is 16.7. The lowest BCUT2D eigenvalue weighted by Gasteiger charge is -2.41. The molecule has 4 aliphatic rings. The number of hydrogen-bond donors (Lipinski definition) is 0. The maximum Gasteiger partial charge on any atom is 0.410 e. The van der Waals surface area contributed by atoms with Crippen LogP contribution in [0.5, 0.6) is 11.5 Å². The largest absolute Gasteiger partial charge is 0.467 e. The van der Waals surface area contributed by atoms with Crippen molar-refractivity contribution in [2.24, 2.45) is 5.92 Å². The van der Waals surface area contributed by atoms with E-state index in [2.05, 4.69) is 36.4 Å². The van der Waals surface area contributed by atoms with Gasteiger partial charge in [-0.2, -0.15) is 0 Å². The summed E-state index contributed by atoms with van der Waals surface area (Å²) in [7, 11) is 0. The molecule has 2 bridgehead atoms. The highest BCUT2D eigenvalue weighted by Crippen LogP contribution is 2.48. The van der Waals surface area contributed by atoms with E-state index in [1.807, 2.05) is 11.8 Å². The number of hydrogen-bond acceptors (Lipinski definition) is 6. The summed E-state index contributed by atoms with van der Waals surface area (Å²) in [5, 5.41) is 0. The summed E-state index contributed by atoms with van der Waals surface area (Å²) in [5.74, 6) is 2.42. The van der Waals surface area contributed by atoms with Crippen molar-refractivity contribution in [2.75, 3.05) is 20.2 Å². The molecular weight excluding hydrogens is 434 g/mol. The lowest BCUT2D eigenvalue weighted by molar-refractivity contribution is -0.0164. The molecule has 4 aliphatic heterocycles. The van der Waals surface area contributed by atoms with E-state index in [0.29, 0.717) is 39.3 Å². The summed E-state index contributed by atoms with van der Waals surface area (Å²) in [6.45, 7) is 4.02. The Labute approximate surface area is 199 Å². The molecule has 2 atom stereocenters. The number of piperidine rings is 1. The van der Waals surface area contributed by atoms with E-state index in [0.717, 1.165) is 48.3 Å². The molecule has 0 saturated carbocycles. The van der Waals surface area contributed by atoms with E-state index >= 15 is 0 Å². The van der Waals surface area contributed by atoms with Crippen LogP contribution in [0.2, 0.25) is 0 Å². The minimum Gasteiger partial charge on any atom is -0.467 e. The Hall–Kier alpha value is -2.77. The zero-order valence-electron chi connectivity index (χ0n) is 19.5. The van der Waals surface area contributed by atoms with Gasteiger partial charge in [-0.05, 0) is 73.9 Å². The molecule has 180 valence electrons. The molecule has 7 nitrogen and oxygen atoms in total. The van der Waals surface area contributed by atoms with E-state index in [1.54, 1.807) is 0 Å². The number of fused-ring (bicyclic) bond motifs is 4. The second kappa shape index (κ2) is 9.12. The van der Waals surface area contributed by atoms with Crippen LogP contribution in [0, 0.1) is 5.92 Å². The van der Waals surface area contributed by atoms with Crippen molar-refractivity contribution in [1.29, 1.82) is 0 Å². The Bertz CT molecular complexity index is 998. The molecule has 0 aliphatic carbocycles. The summed E-state index contributed by atoms with van der Waals surface area (Å²) < 4.78 is 27.8. The third-order valence-corrected chi connectivity index (χ3v) is 7.72. The third-order valence-electron chi connectivity index (χ3n) is 7.72. The molecule has 2 aromatic carbocycles. The fourth-order valence-electron chi connectivity index (χ4n) is 6.33. The van der Waals surface area contributed by atoms with Crippen LogP contribution in [0.1, 0.15) is 60.8 Å². The lowest BCUT2D eigenvalue weighted by Crippen LogP contribution is -2.47. The van der Waals surface area contributed by atoms with Gasteiger partial charge in [-0.3, -0.25) is 0 Å². The van der Waals surface area contributed by atoms with E-state index in [4.69, 9.17) is 23.7 Å². The van der Waals surface area contributed by atoms with Crippen molar-refractivity contribution in [2.45, 2.75) is 63.8 Å². The van der Waals surface area contributed by atoms with Gasteiger partial charge in [-0.1, -0.05) is 12.1 Å². The van der Waals surface area contributed by atoms with Gasteiger partial charge < -0.3 is 28.6 Å². The van der Waals surface area contributed by atoms with Crippen LogP contribution in [0.3, 0.4) is 0 Å². The van der Waals surface area contributed by atoms with Crippen molar-refractivity contribution in [3.05, 3.63) is 58.7 Å². The molecule has 2 saturated heterocycles. The van der Waals surface area contributed by atoms with Gasteiger partial charge in [0.1, 0.15) is 11.5 Å². The quantitative estimate of drug-likeness (QED) is 0.637. The van der Waals surface area contributed by atoms with Crippen molar-refractivity contribution in [1.82, 2.24) is 4.90 Å². The fourth-order valence-corrected chi connectivity index (χ4v) is 6.33. The number of amides is 1. The zero-order chi connectivity index (χ0) is 23.1. The Kier molecular flexibility index (Phi) is 5.83. The third kappa shape index (κ3) is 3.91. The number of ether oxygens (including phenoxy) is 5. The van der Waals surface area contributed by atoms with Gasteiger partial charge in [-0.15, -0.1) is 0 Å². The van der Waals surface area contributed by atoms with Gasteiger partial charge in [0.15, 0.2) is 13.6 Å². The average Bonchev–Trinajstić information content (AvgIpc) is 3.14. The first-order valence-electron chi connectivity index (χ1n) is 12.3. The molecule has 4 heterocycles. The summed E-state index contributed by atoms with van der Waals surface area (Å²) in [4.78, 5) is 14.7. The van der Waals surface area contributed by atoms with Gasteiger partial charge in [0.05, 0.1) is 19.8 Å². The molecular formula is C27H31NO6. The highest BCUT2D eigenvalue weighted by molar-refractivity contribution is 5.69. The number of carbonyl (C=O) groups excluding carboxylic acids is 1. The van der Waals surface area contributed by atoms with Crippen LogP contribution in [0.15, 0.2) is 36.4 Å². The molecule has 2 fully saturated rings. The van der Waals surface area contributed by atoms with Crippen molar-refractivity contribution in [3.8, 4) is 11.5 Å². The predicted molar refractivity (Wildman–Crippen MR) is 124 cm³/mol. The maximum atomic E-state index is 12.6. The Morgan fingerprint density at radius 2 is 1.50 bits per heavy atom. The highest BCUT2D eigenvalue weighted by atomic mass is 16.7. The standard InChI is InChI=1S/C27H31NO6/c1-2-32-27(29)28-22-5-6-23(28)12-19(11-22)26(17-3-7-24-20(9-17)13-30-15-33-24)18-4-8-25-21(10-18)14-31-16-34-25/h3-4,7-10,19,22-23,26H,2,5-6,11-16H2,1H3. The minimum atomic E-state index is -0.156. The van der Waals surface area contributed by atoms with E-state index in [-0.39, 0.29) is 24.1 Å². The Balaban J connectivity index is 1.36. The average molecular weight is 466 g/mol. The van der Waals surface area contributed by atoms with Crippen LogP contribution >= 0.6 is 0 Å². The summed E-state index contributed by atoms with van der Waals surface area (Å²) in [6, 6.07) is 13.5. The van der Waals surface area contributed by atoms with Crippen LogP contribution in [0.25, 0.3) is 0 Å². The molecule has 2 aromatic rings. The number of rotatable bonds is 4. The van der Waals surface area contributed by atoms with E-state index in [9.17, 15) is 4.79 Å². The lowest BCUT2D eigenvalue weighted by atomic mass is 9.73. The fraction of sp³-hybridized carbons (Fsp3) is 0.519. The smallest absolute Gasteiger partial charge is 0.410 e. The van der Waals surface area contributed by atoms with Gasteiger partial charge in [0, 0.05) is 29.1 Å². The van der Waals surface area contributed by atoms with E-state index in [1.165, 1.54) is 11.1 Å². The molecule has 0 spiro atoms. The van der Waals surface area contributed by atoms with Crippen molar-refractivity contribution < 1.29 is 28.5 Å². The molecule has 7 heteroatoms.